The Morgan fingerprint density at radius 2 is 1.87 bits per heavy atom. The number of Topliss-reactive ketones (excluding diaryl/α,β-unsaturated/α-hetero) is 1. The van der Waals surface area contributed by atoms with Crippen LogP contribution in [0.1, 0.15) is 52.4 Å². The van der Waals surface area contributed by atoms with Crippen molar-refractivity contribution in [3.05, 3.63) is 94.5 Å². The third-order valence-electron chi connectivity index (χ3n) is 5.63. The highest BCUT2D eigenvalue weighted by molar-refractivity contribution is 5.99. The maximum Gasteiger partial charge on any atom is 0.163 e. The van der Waals surface area contributed by atoms with E-state index < -0.39 is 0 Å². The van der Waals surface area contributed by atoms with Gasteiger partial charge in [0.25, 0.3) is 0 Å². The van der Waals surface area contributed by atoms with E-state index in [-0.39, 0.29) is 5.78 Å². The Morgan fingerprint density at radius 1 is 1.03 bits per heavy atom. The third-order valence-corrected chi connectivity index (χ3v) is 5.63. The van der Waals surface area contributed by atoms with Gasteiger partial charge < -0.3 is 10.1 Å². The Kier molecular flexibility index (Phi) is 6.46. The molecule has 3 aromatic carbocycles. The van der Waals surface area contributed by atoms with Gasteiger partial charge in [-0.1, -0.05) is 55.5 Å². The molecule has 0 fully saturated rings. The first-order valence-electron chi connectivity index (χ1n) is 10.9. The first-order chi connectivity index (χ1) is 15.1. The van der Waals surface area contributed by atoms with Gasteiger partial charge in [0.15, 0.2) is 5.78 Å². The summed E-state index contributed by atoms with van der Waals surface area (Å²) in [5, 5.41) is 3.44. The number of carbonyl (C=O) groups excluding carboxylic acids is 1. The number of anilines is 1. The van der Waals surface area contributed by atoms with Crippen LogP contribution in [0.15, 0.2) is 71.7 Å². The van der Waals surface area contributed by atoms with Crippen molar-refractivity contribution >= 4 is 17.3 Å². The van der Waals surface area contributed by atoms with Gasteiger partial charge in [-0.3, -0.25) is 9.79 Å². The van der Waals surface area contributed by atoms with Crippen molar-refractivity contribution in [3.63, 3.8) is 0 Å². The summed E-state index contributed by atoms with van der Waals surface area (Å²) < 4.78 is 6.05. The highest BCUT2D eigenvalue weighted by Crippen LogP contribution is 2.23. The number of para-hydroxylation sites is 1. The number of ether oxygens (including phenoxy) is 1. The van der Waals surface area contributed by atoms with Gasteiger partial charge in [0.1, 0.15) is 18.2 Å². The van der Waals surface area contributed by atoms with Gasteiger partial charge in [0.05, 0.1) is 6.54 Å². The fourth-order valence-corrected chi connectivity index (χ4v) is 3.96. The SMILES string of the molecule is CCC(=O)c1c(C)cccc1COc1cccc(CN=C2CCc3ccccc3N2)c1. The molecule has 3 aromatic rings. The summed E-state index contributed by atoms with van der Waals surface area (Å²) in [6, 6.07) is 22.3. The van der Waals surface area contributed by atoms with Crippen LogP contribution in [0.3, 0.4) is 0 Å². The summed E-state index contributed by atoms with van der Waals surface area (Å²) in [5.41, 5.74) is 6.31. The van der Waals surface area contributed by atoms with Gasteiger partial charge in [-0.2, -0.15) is 0 Å². The number of ketones is 1. The molecule has 158 valence electrons. The Bertz CT molecular complexity index is 1120. The van der Waals surface area contributed by atoms with E-state index in [1.807, 2.05) is 56.3 Å². The lowest BCUT2D eigenvalue weighted by molar-refractivity contribution is 0.0985. The lowest BCUT2D eigenvalue weighted by atomic mass is 9.97. The number of carbonyl (C=O) groups is 1. The van der Waals surface area contributed by atoms with Crippen LogP contribution in [0.5, 0.6) is 5.75 Å². The number of aliphatic imine (C=N–C) groups is 1. The van der Waals surface area contributed by atoms with Gasteiger partial charge in [0, 0.05) is 29.7 Å². The second kappa shape index (κ2) is 9.61. The Morgan fingerprint density at radius 3 is 2.74 bits per heavy atom. The minimum absolute atomic E-state index is 0.155. The van der Waals surface area contributed by atoms with Crippen molar-refractivity contribution in [1.82, 2.24) is 0 Å². The predicted molar refractivity (Wildman–Crippen MR) is 126 cm³/mol. The fraction of sp³-hybridized carbons (Fsp3) is 0.259. The molecule has 0 aliphatic carbocycles. The van der Waals surface area contributed by atoms with Crippen LogP contribution in [0.2, 0.25) is 0 Å². The molecule has 4 nitrogen and oxygen atoms in total. The molecule has 31 heavy (non-hydrogen) atoms. The lowest BCUT2D eigenvalue weighted by Crippen LogP contribution is -2.19. The van der Waals surface area contributed by atoms with Crippen molar-refractivity contribution in [2.75, 3.05) is 5.32 Å². The Labute approximate surface area is 184 Å². The van der Waals surface area contributed by atoms with Crippen molar-refractivity contribution in [3.8, 4) is 5.75 Å². The molecule has 0 saturated carbocycles. The van der Waals surface area contributed by atoms with Gasteiger partial charge in [0.2, 0.25) is 0 Å². The van der Waals surface area contributed by atoms with E-state index in [0.29, 0.717) is 19.6 Å². The zero-order valence-electron chi connectivity index (χ0n) is 18.2. The molecular weight excluding hydrogens is 384 g/mol. The molecular formula is C27H28N2O2. The van der Waals surface area contributed by atoms with Crippen LogP contribution in [-0.2, 0) is 19.6 Å². The van der Waals surface area contributed by atoms with E-state index in [2.05, 4.69) is 29.6 Å². The molecule has 1 heterocycles. The molecule has 4 rings (SSSR count). The van der Waals surface area contributed by atoms with Crippen molar-refractivity contribution in [1.29, 1.82) is 0 Å². The summed E-state index contributed by atoms with van der Waals surface area (Å²) in [6.45, 7) is 4.85. The highest BCUT2D eigenvalue weighted by Gasteiger charge is 2.14. The zero-order chi connectivity index (χ0) is 21.6. The van der Waals surface area contributed by atoms with Gasteiger partial charge in [-0.25, -0.2) is 0 Å². The number of nitrogens with one attached hydrogen (secondary N) is 1. The van der Waals surface area contributed by atoms with Crippen molar-refractivity contribution < 1.29 is 9.53 Å². The van der Waals surface area contributed by atoms with Crippen LogP contribution in [0.4, 0.5) is 5.69 Å². The average molecular weight is 413 g/mol. The molecule has 0 spiro atoms. The standard InChI is InChI=1S/C27H28N2O2/c1-3-25(30)27-19(2)8-6-11-22(27)18-31-23-12-7-9-20(16-23)17-28-26-15-14-21-10-4-5-13-24(21)29-26/h4-13,16H,3,14-15,17-18H2,1-2H3,(H,28,29). The Balaban J connectivity index is 1.42. The smallest absolute Gasteiger partial charge is 0.163 e. The fourth-order valence-electron chi connectivity index (χ4n) is 3.96. The molecule has 0 saturated heterocycles. The van der Waals surface area contributed by atoms with E-state index >= 15 is 0 Å². The lowest BCUT2D eigenvalue weighted by Gasteiger charge is -2.19. The summed E-state index contributed by atoms with van der Waals surface area (Å²) in [5.74, 6) is 1.96. The molecule has 0 atom stereocenters. The van der Waals surface area contributed by atoms with Crippen LogP contribution in [0.25, 0.3) is 0 Å². The monoisotopic (exact) mass is 412 g/mol. The maximum absolute atomic E-state index is 12.4. The highest BCUT2D eigenvalue weighted by atomic mass is 16.5. The zero-order valence-corrected chi connectivity index (χ0v) is 18.2. The number of hydrogen-bond acceptors (Lipinski definition) is 3. The first-order valence-corrected chi connectivity index (χ1v) is 10.9. The van der Waals surface area contributed by atoms with Gasteiger partial charge in [-0.15, -0.1) is 0 Å². The van der Waals surface area contributed by atoms with E-state index in [0.717, 1.165) is 52.4 Å². The van der Waals surface area contributed by atoms with Gasteiger partial charge in [-0.05, 0) is 48.2 Å². The molecule has 0 unspecified atom stereocenters. The molecule has 0 radical (unpaired) electrons. The number of benzene rings is 3. The molecule has 0 aromatic heterocycles. The van der Waals surface area contributed by atoms with Crippen LogP contribution in [0, 0.1) is 6.92 Å². The maximum atomic E-state index is 12.4. The van der Waals surface area contributed by atoms with E-state index in [1.54, 1.807) is 0 Å². The summed E-state index contributed by atoms with van der Waals surface area (Å²) in [4.78, 5) is 17.1. The molecule has 1 aliphatic rings. The van der Waals surface area contributed by atoms with E-state index in [9.17, 15) is 4.79 Å². The second-order valence-corrected chi connectivity index (χ2v) is 7.87. The van der Waals surface area contributed by atoms with Crippen LogP contribution >= 0.6 is 0 Å². The molecule has 0 bridgehead atoms. The van der Waals surface area contributed by atoms with Crippen LogP contribution in [-0.4, -0.2) is 11.6 Å². The molecule has 4 heteroatoms. The molecule has 0 amide bonds. The van der Waals surface area contributed by atoms with Crippen molar-refractivity contribution in [2.24, 2.45) is 4.99 Å². The third kappa shape index (κ3) is 5.02. The number of nitrogens with zero attached hydrogens (tertiary/aromatic N) is 1. The minimum atomic E-state index is 0.155. The largest absolute Gasteiger partial charge is 0.489 e. The quantitative estimate of drug-likeness (QED) is 0.475. The normalized spacial score (nSPS) is 14.1. The average Bonchev–Trinajstić information content (AvgIpc) is 2.81. The van der Waals surface area contributed by atoms with E-state index in [4.69, 9.17) is 9.73 Å². The minimum Gasteiger partial charge on any atom is -0.489 e. The topological polar surface area (TPSA) is 50.7 Å². The van der Waals surface area contributed by atoms with Gasteiger partial charge >= 0.3 is 0 Å². The number of aryl methyl sites for hydroxylation is 2. The number of rotatable bonds is 7. The number of amidine groups is 1. The first kappa shape index (κ1) is 20.9. The molecule has 1 aliphatic heterocycles. The summed E-state index contributed by atoms with van der Waals surface area (Å²) in [6.07, 6.45) is 2.43. The summed E-state index contributed by atoms with van der Waals surface area (Å²) in [7, 11) is 0. The van der Waals surface area contributed by atoms with E-state index in [1.165, 1.54) is 5.56 Å². The van der Waals surface area contributed by atoms with Crippen molar-refractivity contribution in [2.45, 2.75) is 46.3 Å². The number of fused-ring (bicyclic) bond motifs is 1. The second-order valence-electron chi connectivity index (χ2n) is 7.87. The van der Waals surface area contributed by atoms with Crippen LogP contribution < -0.4 is 10.1 Å². The number of hydrogen-bond donors (Lipinski definition) is 1. The summed E-state index contributed by atoms with van der Waals surface area (Å²) >= 11 is 0. The predicted octanol–water partition coefficient (Wildman–Crippen LogP) is 6.12. The molecule has 1 N–H and O–H groups in total. The Hall–Kier alpha value is -3.40.